The van der Waals surface area contributed by atoms with Gasteiger partial charge in [0.05, 0.1) is 27.3 Å². The van der Waals surface area contributed by atoms with Gasteiger partial charge in [0.25, 0.3) is 0 Å². The summed E-state index contributed by atoms with van der Waals surface area (Å²) < 4.78 is 14.7. The standard InChI is InChI=1S/C19H16FN5S2/c20-13-2-1-7-25(10-13)17-6-3-12(8-22-17)19-24-18-15(27-19)5-4-14(23-18)16-9-21-11-26-16/h3-6,8-9,11,13H,1-2,7,10H2/t13-/m0/s1. The number of aromatic nitrogens is 4. The van der Waals surface area contributed by atoms with E-state index in [-0.39, 0.29) is 0 Å². The summed E-state index contributed by atoms with van der Waals surface area (Å²) in [6.45, 7) is 1.29. The van der Waals surface area contributed by atoms with Crippen molar-refractivity contribution in [3.8, 4) is 21.1 Å². The summed E-state index contributed by atoms with van der Waals surface area (Å²) in [5.74, 6) is 0.827. The van der Waals surface area contributed by atoms with Crippen LogP contribution in [0.5, 0.6) is 0 Å². The fourth-order valence-corrected chi connectivity index (χ4v) is 4.74. The second kappa shape index (κ2) is 6.94. The zero-order valence-electron chi connectivity index (χ0n) is 14.4. The molecule has 27 heavy (non-hydrogen) atoms. The fraction of sp³-hybridized carbons (Fsp3) is 0.263. The van der Waals surface area contributed by atoms with Crippen molar-refractivity contribution in [3.63, 3.8) is 0 Å². The van der Waals surface area contributed by atoms with Crippen molar-refractivity contribution in [2.45, 2.75) is 19.0 Å². The van der Waals surface area contributed by atoms with Crippen LogP contribution in [0.15, 0.2) is 42.2 Å². The summed E-state index contributed by atoms with van der Waals surface area (Å²) in [7, 11) is 0. The number of pyridine rings is 2. The molecule has 0 aliphatic carbocycles. The SMILES string of the molecule is F[C@H]1CCCN(c2ccc(-c3nc4nc(-c5cncs5)ccc4s3)cn2)C1. The van der Waals surface area contributed by atoms with E-state index in [1.165, 1.54) is 0 Å². The van der Waals surface area contributed by atoms with Crippen molar-refractivity contribution in [2.24, 2.45) is 0 Å². The number of rotatable bonds is 3. The highest BCUT2D eigenvalue weighted by Crippen LogP contribution is 2.32. The molecule has 136 valence electrons. The largest absolute Gasteiger partial charge is 0.354 e. The van der Waals surface area contributed by atoms with E-state index in [0.29, 0.717) is 13.0 Å². The Labute approximate surface area is 163 Å². The lowest BCUT2D eigenvalue weighted by molar-refractivity contribution is 0.286. The quantitative estimate of drug-likeness (QED) is 0.496. The van der Waals surface area contributed by atoms with Gasteiger partial charge in [-0.25, -0.2) is 19.3 Å². The van der Waals surface area contributed by atoms with E-state index < -0.39 is 6.17 Å². The second-order valence-electron chi connectivity index (χ2n) is 6.49. The zero-order chi connectivity index (χ0) is 18.2. The minimum absolute atomic E-state index is 0.428. The zero-order valence-corrected chi connectivity index (χ0v) is 16.0. The molecule has 5 nitrogen and oxygen atoms in total. The molecule has 1 atom stereocenters. The lowest BCUT2D eigenvalue weighted by Gasteiger charge is -2.29. The molecule has 1 aliphatic heterocycles. The van der Waals surface area contributed by atoms with Gasteiger partial charge in [-0.1, -0.05) is 0 Å². The van der Waals surface area contributed by atoms with Crippen molar-refractivity contribution in [3.05, 3.63) is 42.2 Å². The lowest BCUT2D eigenvalue weighted by Crippen LogP contribution is -2.36. The van der Waals surface area contributed by atoms with Crippen LogP contribution < -0.4 is 4.90 Å². The van der Waals surface area contributed by atoms with Crippen molar-refractivity contribution < 1.29 is 4.39 Å². The highest BCUT2D eigenvalue weighted by molar-refractivity contribution is 7.21. The first kappa shape index (κ1) is 16.7. The van der Waals surface area contributed by atoms with Crippen LogP contribution in [0.4, 0.5) is 10.2 Å². The Bertz CT molecular complexity index is 1060. The first-order valence-electron chi connectivity index (χ1n) is 8.78. The van der Waals surface area contributed by atoms with Gasteiger partial charge in [-0.15, -0.1) is 22.7 Å². The van der Waals surface area contributed by atoms with Crippen LogP contribution in [0.3, 0.4) is 0 Å². The number of halogens is 1. The highest BCUT2D eigenvalue weighted by atomic mass is 32.1. The van der Waals surface area contributed by atoms with E-state index in [1.54, 1.807) is 28.2 Å². The summed E-state index contributed by atoms with van der Waals surface area (Å²) in [5.41, 5.74) is 4.38. The molecule has 0 spiro atoms. The predicted molar refractivity (Wildman–Crippen MR) is 108 cm³/mol. The molecular formula is C19H16FN5S2. The monoisotopic (exact) mass is 397 g/mol. The number of alkyl halides is 1. The van der Waals surface area contributed by atoms with E-state index >= 15 is 0 Å². The first-order valence-corrected chi connectivity index (χ1v) is 10.5. The van der Waals surface area contributed by atoms with E-state index in [2.05, 4.69) is 26.0 Å². The molecule has 8 heteroatoms. The fourth-order valence-electron chi connectivity index (χ4n) is 3.25. The van der Waals surface area contributed by atoms with Gasteiger partial charge in [-0.2, -0.15) is 0 Å². The predicted octanol–water partition coefficient (Wildman–Crippen LogP) is 4.82. The van der Waals surface area contributed by atoms with Gasteiger partial charge in [0, 0.05) is 24.5 Å². The molecular weight excluding hydrogens is 381 g/mol. The third-order valence-corrected chi connectivity index (χ3v) is 6.48. The number of hydrogen-bond donors (Lipinski definition) is 0. The van der Waals surface area contributed by atoms with Crippen molar-refractivity contribution in [1.29, 1.82) is 0 Å². The van der Waals surface area contributed by atoms with Crippen molar-refractivity contribution in [1.82, 2.24) is 19.9 Å². The Morgan fingerprint density at radius 2 is 2.07 bits per heavy atom. The van der Waals surface area contributed by atoms with Crippen LogP contribution in [0, 0.1) is 0 Å². The Balaban J connectivity index is 1.43. The van der Waals surface area contributed by atoms with Gasteiger partial charge < -0.3 is 4.90 Å². The average molecular weight is 398 g/mol. The number of piperidine rings is 1. The molecule has 4 aromatic rings. The minimum Gasteiger partial charge on any atom is -0.354 e. The molecule has 4 aromatic heterocycles. The van der Waals surface area contributed by atoms with E-state index in [1.807, 2.05) is 35.5 Å². The van der Waals surface area contributed by atoms with Crippen LogP contribution in [0.1, 0.15) is 12.8 Å². The molecule has 0 aromatic carbocycles. The van der Waals surface area contributed by atoms with Gasteiger partial charge in [0.15, 0.2) is 5.65 Å². The van der Waals surface area contributed by atoms with Gasteiger partial charge in [-0.05, 0) is 37.1 Å². The molecule has 0 amide bonds. The molecule has 0 N–H and O–H groups in total. The van der Waals surface area contributed by atoms with Crippen LogP contribution in [0.25, 0.3) is 31.5 Å². The topological polar surface area (TPSA) is 54.8 Å². The van der Waals surface area contributed by atoms with Crippen LogP contribution >= 0.6 is 22.7 Å². The average Bonchev–Trinajstić information content (AvgIpc) is 3.37. The van der Waals surface area contributed by atoms with Crippen LogP contribution in [0.2, 0.25) is 0 Å². The molecule has 0 saturated carbocycles. The Morgan fingerprint density at radius 3 is 2.85 bits per heavy atom. The Hall–Kier alpha value is -2.45. The molecule has 0 radical (unpaired) electrons. The minimum atomic E-state index is -0.761. The smallest absolute Gasteiger partial charge is 0.171 e. The molecule has 1 saturated heterocycles. The summed E-state index contributed by atoms with van der Waals surface area (Å²) >= 11 is 3.16. The van der Waals surface area contributed by atoms with E-state index in [0.717, 1.165) is 50.3 Å². The Kier molecular flexibility index (Phi) is 4.29. The summed E-state index contributed by atoms with van der Waals surface area (Å²) in [6, 6.07) is 8.01. The highest BCUT2D eigenvalue weighted by Gasteiger charge is 2.20. The molecule has 1 fully saturated rings. The number of anilines is 1. The third-order valence-electron chi connectivity index (χ3n) is 4.62. The normalized spacial score (nSPS) is 17.5. The third kappa shape index (κ3) is 3.30. The van der Waals surface area contributed by atoms with Gasteiger partial charge in [0.1, 0.15) is 17.0 Å². The molecule has 0 unspecified atom stereocenters. The van der Waals surface area contributed by atoms with Gasteiger partial charge in [-0.3, -0.25) is 4.98 Å². The van der Waals surface area contributed by atoms with Crippen molar-refractivity contribution >= 4 is 38.8 Å². The maximum atomic E-state index is 13.6. The summed E-state index contributed by atoms with van der Waals surface area (Å²) in [6.07, 6.45) is 4.40. The maximum Gasteiger partial charge on any atom is 0.171 e. The molecule has 0 bridgehead atoms. The van der Waals surface area contributed by atoms with Crippen LogP contribution in [-0.4, -0.2) is 39.2 Å². The summed E-state index contributed by atoms with van der Waals surface area (Å²) in [4.78, 5) is 21.0. The van der Waals surface area contributed by atoms with E-state index in [4.69, 9.17) is 0 Å². The first-order chi connectivity index (χ1) is 13.3. The second-order valence-corrected chi connectivity index (χ2v) is 8.41. The van der Waals surface area contributed by atoms with E-state index in [9.17, 15) is 4.39 Å². The number of hydrogen-bond acceptors (Lipinski definition) is 7. The summed E-state index contributed by atoms with van der Waals surface area (Å²) in [5, 5.41) is 0.889. The van der Waals surface area contributed by atoms with Gasteiger partial charge in [0.2, 0.25) is 0 Å². The molecule has 5 rings (SSSR count). The van der Waals surface area contributed by atoms with Crippen LogP contribution in [-0.2, 0) is 0 Å². The lowest BCUT2D eigenvalue weighted by atomic mass is 10.1. The molecule has 5 heterocycles. The number of thiazole rings is 2. The Morgan fingerprint density at radius 1 is 1.11 bits per heavy atom. The molecule has 1 aliphatic rings. The number of nitrogens with zero attached hydrogens (tertiary/aromatic N) is 5. The maximum absolute atomic E-state index is 13.6. The van der Waals surface area contributed by atoms with Gasteiger partial charge >= 0.3 is 0 Å². The van der Waals surface area contributed by atoms with Crippen molar-refractivity contribution in [2.75, 3.05) is 18.0 Å². The number of fused-ring (bicyclic) bond motifs is 1.